The molecule has 0 aliphatic carbocycles. The van der Waals surface area contributed by atoms with Crippen molar-refractivity contribution < 1.29 is 23.8 Å². The van der Waals surface area contributed by atoms with Crippen molar-refractivity contribution in [1.82, 2.24) is 4.98 Å². The molecule has 0 bridgehead atoms. The molecule has 1 rings (SSSR count). The van der Waals surface area contributed by atoms with Gasteiger partial charge in [-0.3, -0.25) is 0 Å². The van der Waals surface area contributed by atoms with Crippen molar-refractivity contribution >= 4 is 5.97 Å². The van der Waals surface area contributed by atoms with Gasteiger partial charge in [-0.05, 0) is 6.07 Å². The molecule has 0 amide bonds. The Morgan fingerprint density at radius 2 is 2.33 bits per heavy atom. The minimum Gasteiger partial charge on any atom is -0.477 e. The highest BCUT2D eigenvalue weighted by molar-refractivity contribution is 5.90. The number of nitrogens with zero attached hydrogens (tertiary/aromatic N) is 1. The second-order valence-electron chi connectivity index (χ2n) is 2.65. The van der Waals surface area contributed by atoms with Crippen molar-refractivity contribution in [3.63, 3.8) is 0 Å². The number of aromatic carboxylic acids is 1. The summed E-state index contributed by atoms with van der Waals surface area (Å²) in [5.41, 5.74) is -0.300. The fraction of sp³-hybridized carbons (Fsp3) is 0.333. The Morgan fingerprint density at radius 1 is 1.60 bits per heavy atom. The molecule has 0 atom stereocenters. The van der Waals surface area contributed by atoms with Gasteiger partial charge in [0.1, 0.15) is 18.0 Å². The summed E-state index contributed by atoms with van der Waals surface area (Å²) in [6.07, 6.45) is 0.897. The van der Waals surface area contributed by atoms with Crippen molar-refractivity contribution in [3.8, 4) is 5.88 Å². The van der Waals surface area contributed by atoms with Gasteiger partial charge in [-0.2, -0.15) is 0 Å². The topological polar surface area (TPSA) is 68.7 Å². The predicted octanol–water partition coefficient (Wildman–Crippen LogP) is 0.944. The number of methoxy groups -OCH3 is 1. The first-order valence-electron chi connectivity index (χ1n) is 4.15. The van der Waals surface area contributed by atoms with E-state index in [1.807, 2.05) is 0 Å². The molecule has 0 radical (unpaired) electrons. The van der Waals surface area contributed by atoms with Gasteiger partial charge < -0.3 is 14.6 Å². The van der Waals surface area contributed by atoms with Gasteiger partial charge in [-0.25, -0.2) is 14.2 Å². The lowest BCUT2D eigenvalue weighted by Gasteiger charge is -2.06. The standard InChI is InChI=1S/C9H10FNO4/c1-14-2-3-15-8-7(9(12)13)4-6(10)5-11-8/h4-5H,2-3H2,1H3,(H,12,13). The van der Waals surface area contributed by atoms with Gasteiger partial charge >= 0.3 is 5.97 Å². The zero-order valence-electron chi connectivity index (χ0n) is 8.07. The average molecular weight is 215 g/mol. The molecule has 0 aromatic carbocycles. The van der Waals surface area contributed by atoms with Crippen LogP contribution >= 0.6 is 0 Å². The van der Waals surface area contributed by atoms with Crippen LogP contribution in [0, 0.1) is 5.82 Å². The van der Waals surface area contributed by atoms with E-state index in [1.165, 1.54) is 7.11 Å². The third-order valence-electron chi connectivity index (χ3n) is 1.57. The highest BCUT2D eigenvalue weighted by Gasteiger charge is 2.13. The maximum Gasteiger partial charge on any atom is 0.341 e. The number of carboxylic acids is 1. The molecule has 5 nitrogen and oxygen atoms in total. The second-order valence-corrected chi connectivity index (χ2v) is 2.65. The third kappa shape index (κ3) is 3.17. The summed E-state index contributed by atoms with van der Waals surface area (Å²) >= 11 is 0. The van der Waals surface area contributed by atoms with E-state index in [1.54, 1.807) is 0 Å². The number of hydrogen-bond acceptors (Lipinski definition) is 4. The van der Waals surface area contributed by atoms with E-state index in [4.69, 9.17) is 14.6 Å². The lowest BCUT2D eigenvalue weighted by atomic mass is 10.3. The van der Waals surface area contributed by atoms with Crippen LogP contribution in [0.3, 0.4) is 0 Å². The number of halogens is 1. The molecular formula is C9H10FNO4. The van der Waals surface area contributed by atoms with Crippen LogP contribution in [0.5, 0.6) is 5.88 Å². The van der Waals surface area contributed by atoms with E-state index < -0.39 is 11.8 Å². The minimum atomic E-state index is -1.28. The molecule has 0 saturated carbocycles. The largest absolute Gasteiger partial charge is 0.477 e. The van der Waals surface area contributed by atoms with Crippen LogP contribution in [-0.2, 0) is 4.74 Å². The molecule has 0 fully saturated rings. The third-order valence-corrected chi connectivity index (χ3v) is 1.57. The summed E-state index contributed by atoms with van der Waals surface area (Å²) in [7, 11) is 1.49. The SMILES string of the molecule is COCCOc1ncc(F)cc1C(=O)O. The average Bonchev–Trinajstić information content (AvgIpc) is 2.20. The first-order valence-corrected chi connectivity index (χ1v) is 4.15. The molecule has 0 saturated heterocycles. The maximum absolute atomic E-state index is 12.7. The van der Waals surface area contributed by atoms with Gasteiger partial charge in [0, 0.05) is 7.11 Å². The van der Waals surface area contributed by atoms with Crippen molar-refractivity contribution in [3.05, 3.63) is 23.6 Å². The molecule has 0 spiro atoms. The number of carboxylic acid groups (broad SMARTS) is 1. The maximum atomic E-state index is 12.7. The first kappa shape index (κ1) is 11.4. The Balaban J connectivity index is 2.81. The fourth-order valence-corrected chi connectivity index (χ4v) is 0.917. The Morgan fingerprint density at radius 3 is 2.93 bits per heavy atom. The molecule has 1 N–H and O–H groups in total. The van der Waals surface area contributed by atoms with E-state index in [2.05, 4.69) is 4.98 Å². The van der Waals surface area contributed by atoms with Gasteiger partial charge in [-0.1, -0.05) is 0 Å². The zero-order chi connectivity index (χ0) is 11.3. The van der Waals surface area contributed by atoms with Gasteiger partial charge in [-0.15, -0.1) is 0 Å². The van der Waals surface area contributed by atoms with Crippen LogP contribution in [0.4, 0.5) is 4.39 Å². The first-order chi connectivity index (χ1) is 7.15. The zero-order valence-corrected chi connectivity index (χ0v) is 8.07. The molecule has 0 aliphatic heterocycles. The summed E-state index contributed by atoms with van der Waals surface area (Å²) in [6.45, 7) is 0.466. The van der Waals surface area contributed by atoms with Crippen LogP contribution in [0.25, 0.3) is 0 Å². The highest BCUT2D eigenvalue weighted by atomic mass is 19.1. The number of pyridine rings is 1. The molecule has 6 heteroatoms. The molecular weight excluding hydrogens is 205 g/mol. The van der Waals surface area contributed by atoms with Crippen LogP contribution in [0.15, 0.2) is 12.3 Å². The molecule has 82 valence electrons. The van der Waals surface area contributed by atoms with E-state index in [-0.39, 0.29) is 18.1 Å². The van der Waals surface area contributed by atoms with Crippen molar-refractivity contribution in [1.29, 1.82) is 0 Å². The van der Waals surface area contributed by atoms with Crippen molar-refractivity contribution in [2.45, 2.75) is 0 Å². The van der Waals surface area contributed by atoms with E-state index in [0.29, 0.717) is 6.61 Å². The lowest BCUT2D eigenvalue weighted by molar-refractivity contribution is 0.0687. The fourth-order valence-electron chi connectivity index (χ4n) is 0.917. The monoisotopic (exact) mass is 215 g/mol. The molecule has 0 unspecified atom stereocenters. The number of ether oxygens (including phenoxy) is 2. The molecule has 1 aromatic heterocycles. The van der Waals surface area contributed by atoms with Gasteiger partial charge in [0.05, 0.1) is 12.8 Å². The molecule has 0 aliphatic rings. The number of aromatic nitrogens is 1. The summed E-state index contributed by atoms with van der Waals surface area (Å²) in [5.74, 6) is -2.11. The van der Waals surface area contributed by atoms with E-state index in [9.17, 15) is 9.18 Å². The minimum absolute atomic E-state index is 0.110. The number of carbonyl (C=O) groups is 1. The summed E-state index contributed by atoms with van der Waals surface area (Å²) in [4.78, 5) is 14.2. The predicted molar refractivity (Wildman–Crippen MR) is 48.5 cm³/mol. The van der Waals surface area contributed by atoms with Crippen molar-refractivity contribution in [2.75, 3.05) is 20.3 Å². The van der Waals surface area contributed by atoms with Crippen LogP contribution < -0.4 is 4.74 Å². The van der Waals surface area contributed by atoms with Crippen molar-refractivity contribution in [2.24, 2.45) is 0 Å². The lowest BCUT2D eigenvalue weighted by Crippen LogP contribution is -2.10. The molecule has 1 aromatic rings. The Bertz CT molecular complexity index is 356. The quantitative estimate of drug-likeness (QED) is 0.740. The molecule has 15 heavy (non-hydrogen) atoms. The second kappa shape index (κ2) is 5.26. The number of hydrogen-bond donors (Lipinski definition) is 1. The Hall–Kier alpha value is -1.69. The smallest absolute Gasteiger partial charge is 0.341 e. The normalized spacial score (nSPS) is 10.0. The summed E-state index contributed by atoms with van der Waals surface area (Å²) in [6, 6.07) is 0.859. The number of rotatable bonds is 5. The van der Waals surface area contributed by atoms with Crippen LogP contribution in [0.1, 0.15) is 10.4 Å². The van der Waals surface area contributed by atoms with Gasteiger partial charge in [0.2, 0.25) is 5.88 Å². The Kier molecular flexibility index (Phi) is 3.99. The van der Waals surface area contributed by atoms with Crippen LogP contribution in [-0.4, -0.2) is 36.4 Å². The van der Waals surface area contributed by atoms with E-state index >= 15 is 0 Å². The summed E-state index contributed by atoms with van der Waals surface area (Å²) in [5, 5.41) is 8.73. The Labute approximate surface area is 85.5 Å². The van der Waals surface area contributed by atoms with Gasteiger partial charge in [0.25, 0.3) is 0 Å². The van der Waals surface area contributed by atoms with Gasteiger partial charge in [0.15, 0.2) is 0 Å². The summed E-state index contributed by atoms with van der Waals surface area (Å²) < 4.78 is 22.4. The highest BCUT2D eigenvalue weighted by Crippen LogP contribution is 2.15. The van der Waals surface area contributed by atoms with Crippen LogP contribution in [0.2, 0.25) is 0 Å². The molecule has 1 heterocycles. The van der Waals surface area contributed by atoms with E-state index in [0.717, 1.165) is 12.3 Å².